The summed E-state index contributed by atoms with van der Waals surface area (Å²) < 4.78 is 0. The van der Waals surface area contributed by atoms with Crippen LogP contribution in [0.3, 0.4) is 0 Å². The molecule has 3 nitrogen and oxygen atoms in total. The van der Waals surface area contributed by atoms with Gasteiger partial charge in [0.05, 0.1) is 0 Å². The van der Waals surface area contributed by atoms with Crippen molar-refractivity contribution in [2.75, 3.05) is 0 Å². The molecule has 0 fully saturated rings. The van der Waals surface area contributed by atoms with Gasteiger partial charge in [-0.25, -0.2) is 0 Å². The minimum absolute atomic E-state index is 0.00769. The maximum absolute atomic E-state index is 14.0. The predicted molar refractivity (Wildman–Crippen MR) is 152 cm³/mol. The van der Waals surface area contributed by atoms with Gasteiger partial charge >= 0.3 is 0 Å². The molecule has 38 heavy (non-hydrogen) atoms. The van der Waals surface area contributed by atoms with E-state index in [4.69, 9.17) is 0 Å². The highest BCUT2D eigenvalue weighted by molar-refractivity contribution is 6.37. The molecule has 0 aromatic rings. The summed E-state index contributed by atoms with van der Waals surface area (Å²) in [6.45, 7) is 16.6. The molecule has 0 aromatic heterocycles. The number of fused-ring (bicyclic) bond motifs is 2. The first-order valence-corrected chi connectivity index (χ1v) is 13.4. The lowest BCUT2D eigenvalue weighted by Gasteiger charge is -2.18. The fourth-order valence-electron chi connectivity index (χ4n) is 5.76. The van der Waals surface area contributed by atoms with E-state index in [1.165, 1.54) is 11.1 Å². The number of hydrogen-bond donors (Lipinski definition) is 0. The lowest BCUT2D eigenvalue weighted by atomic mass is 9.97. The van der Waals surface area contributed by atoms with Crippen LogP contribution in [0.2, 0.25) is 0 Å². The van der Waals surface area contributed by atoms with Gasteiger partial charge in [-0.1, -0.05) is 98.9 Å². The van der Waals surface area contributed by atoms with Gasteiger partial charge in [-0.2, -0.15) is 0 Å². The zero-order chi connectivity index (χ0) is 27.6. The highest BCUT2D eigenvalue weighted by Gasteiger charge is 2.30. The Balaban J connectivity index is 1.72. The van der Waals surface area contributed by atoms with Crippen LogP contribution in [-0.2, 0) is 4.79 Å². The van der Waals surface area contributed by atoms with Gasteiger partial charge in [0.1, 0.15) is 0 Å². The van der Waals surface area contributed by atoms with Gasteiger partial charge in [0, 0.05) is 5.57 Å². The molecule has 0 unspecified atom stereocenters. The molecule has 5 aliphatic carbocycles. The second-order valence-corrected chi connectivity index (χ2v) is 11.5. The van der Waals surface area contributed by atoms with Gasteiger partial charge in [0.2, 0.25) is 0 Å². The quantitative estimate of drug-likeness (QED) is 0.308. The summed E-state index contributed by atoms with van der Waals surface area (Å²) in [7, 11) is 0. The lowest BCUT2D eigenvalue weighted by Crippen LogP contribution is -2.14. The summed E-state index contributed by atoms with van der Waals surface area (Å²) >= 11 is 0. The Morgan fingerprint density at radius 3 is 1.34 bits per heavy atom. The average Bonchev–Trinajstić information content (AvgIpc) is 3.22. The Morgan fingerprint density at radius 2 is 0.921 bits per heavy atom. The van der Waals surface area contributed by atoms with Crippen LogP contribution >= 0.6 is 0 Å². The van der Waals surface area contributed by atoms with Crippen molar-refractivity contribution in [1.82, 2.24) is 0 Å². The topological polar surface area (TPSA) is 63.2 Å². The fraction of sp³-hybridized carbons (Fsp3) is 0.286. The zero-order valence-electron chi connectivity index (χ0n) is 23.5. The smallest absolute Gasteiger partial charge is 0.178 e. The number of Topliss-reactive ketones (excluding diaryl/α,β-unsaturated/α-hetero) is 1. The number of rotatable bonds is 4. The van der Waals surface area contributed by atoms with E-state index in [0.29, 0.717) is 23.0 Å². The Kier molecular flexibility index (Phi) is 6.22. The lowest BCUT2D eigenvalue weighted by molar-refractivity contribution is -0.301. The molecule has 5 aliphatic rings. The summed E-state index contributed by atoms with van der Waals surface area (Å²) in [6, 6.07) is 16.4. The molecule has 0 saturated carbocycles. The van der Waals surface area contributed by atoms with Crippen LogP contribution in [0.25, 0.3) is 33.4 Å². The number of carbonyl (C=O) groups excluding carboxylic acids is 1. The maximum atomic E-state index is 14.0. The molecule has 0 amide bonds. The molecule has 194 valence electrons. The first-order chi connectivity index (χ1) is 17.9. The molecule has 5 rings (SSSR count). The van der Waals surface area contributed by atoms with Crippen molar-refractivity contribution >= 4 is 16.9 Å². The summed E-state index contributed by atoms with van der Waals surface area (Å²) in [5, 5.41) is 27.5. The molecule has 0 aromatic carbocycles. The highest BCUT2D eigenvalue weighted by atomic mass is 16.3. The minimum Gasteiger partial charge on any atom is -0.872 e. The van der Waals surface area contributed by atoms with Gasteiger partial charge in [-0.15, -0.1) is 0 Å². The van der Waals surface area contributed by atoms with Crippen molar-refractivity contribution in [1.29, 1.82) is 0 Å². The summed E-state index contributed by atoms with van der Waals surface area (Å²) in [4.78, 5) is 13.5. The van der Waals surface area contributed by atoms with Crippen LogP contribution in [0.1, 0.15) is 84.0 Å². The first kappa shape index (κ1) is 25.8. The summed E-state index contributed by atoms with van der Waals surface area (Å²) in [6.07, 6.45) is 0. The van der Waals surface area contributed by atoms with Crippen LogP contribution in [0.4, 0.5) is 0 Å². The molecule has 0 atom stereocenters. The second-order valence-electron chi connectivity index (χ2n) is 11.5. The predicted octanol–water partition coefficient (Wildman–Crippen LogP) is 6.80. The first-order valence-electron chi connectivity index (χ1n) is 13.4. The molecular formula is C35H34O3-2. The van der Waals surface area contributed by atoms with Crippen molar-refractivity contribution in [3.8, 4) is 22.3 Å². The van der Waals surface area contributed by atoms with E-state index >= 15 is 0 Å². The number of carbonyl (C=O) groups is 1. The highest BCUT2D eigenvalue weighted by Crippen LogP contribution is 2.47. The Bertz CT molecular complexity index is 1630. The van der Waals surface area contributed by atoms with Crippen LogP contribution in [0.15, 0.2) is 60.0 Å². The standard InChI is InChI=1S/C35H36O3/c1-17(2)23-9-19(5)11-27-25(15-23)21(7)13-29(27)31-33(36)32(35(38)34(31)37)30-14-22(8)26-16-24(18(3)4)10-20(6)12-28(26)30/h9-18,36H,1-8H3,(H,37,38)/p-2. The van der Waals surface area contributed by atoms with Crippen LogP contribution in [-0.4, -0.2) is 5.78 Å². The normalized spacial score (nSPS) is 14.3. The van der Waals surface area contributed by atoms with E-state index in [2.05, 4.69) is 52.0 Å². The van der Waals surface area contributed by atoms with E-state index in [-0.39, 0.29) is 11.1 Å². The third-order valence-corrected chi connectivity index (χ3v) is 7.87. The van der Waals surface area contributed by atoms with Crippen molar-refractivity contribution in [3.05, 3.63) is 105 Å². The third-order valence-electron chi connectivity index (χ3n) is 7.87. The van der Waals surface area contributed by atoms with Crippen molar-refractivity contribution < 1.29 is 15.0 Å². The van der Waals surface area contributed by atoms with E-state index in [1.807, 2.05) is 52.0 Å². The fourth-order valence-corrected chi connectivity index (χ4v) is 5.76. The number of aryl methyl sites for hydroxylation is 4. The monoisotopic (exact) mass is 502 g/mol. The van der Waals surface area contributed by atoms with E-state index in [1.54, 1.807) is 0 Å². The molecule has 0 N–H and O–H groups in total. The van der Waals surface area contributed by atoms with E-state index < -0.39 is 17.3 Å². The van der Waals surface area contributed by atoms with Crippen molar-refractivity contribution in [2.45, 2.75) is 67.2 Å². The Hall–Kier alpha value is -3.85. The SMILES string of the molecule is Cc1cc(C(C)C)cc2c(C)cc(C3=C([O-])C(c4cc(C)c5cc(C(C)C)cc(C)cc4-5)=C([O-])C3=O)c-2c1. The van der Waals surface area contributed by atoms with Gasteiger partial charge in [0.25, 0.3) is 0 Å². The summed E-state index contributed by atoms with van der Waals surface area (Å²) in [5.74, 6) is -1.23. The van der Waals surface area contributed by atoms with Crippen molar-refractivity contribution in [3.63, 3.8) is 0 Å². The minimum atomic E-state index is -0.711. The second kappa shape index (κ2) is 9.16. The average molecular weight is 503 g/mol. The molecule has 0 saturated heterocycles. The third kappa shape index (κ3) is 4.01. The van der Waals surface area contributed by atoms with Crippen molar-refractivity contribution in [2.24, 2.45) is 0 Å². The molecule has 0 spiro atoms. The molecule has 0 heterocycles. The Labute approximate surface area is 225 Å². The zero-order valence-corrected chi connectivity index (χ0v) is 23.5. The maximum Gasteiger partial charge on any atom is 0.178 e. The van der Waals surface area contributed by atoms with Gasteiger partial charge in [0.15, 0.2) is 5.78 Å². The molecule has 3 heteroatoms. The number of allylic oxidation sites excluding steroid dienone is 2. The molecule has 0 aliphatic heterocycles. The largest absolute Gasteiger partial charge is 0.872 e. The molecular weight excluding hydrogens is 468 g/mol. The van der Waals surface area contributed by atoms with Gasteiger partial charge in [-0.3, -0.25) is 4.79 Å². The van der Waals surface area contributed by atoms with Crippen LogP contribution in [0, 0.1) is 27.7 Å². The van der Waals surface area contributed by atoms with E-state index in [9.17, 15) is 15.0 Å². The summed E-state index contributed by atoms with van der Waals surface area (Å²) in [5.41, 5.74) is 11.2. The van der Waals surface area contributed by atoms with Crippen LogP contribution in [0.5, 0.6) is 0 Å². The number of hydrogen-bond acceptors (Lipinski definition) is 3. The van der Waals surface area contributed by atoms with E-state index in [0.717, 1.165) is 44.5 Å². The number of ketones is 1. The molecule has 0 bridgehead atoms. The van der Waals surface area contributed by atoms with Gasteiger partial charge in [-0.05, 0) is 101 Å². The van der Waals surface area contributed by atoms with Gasteiger partial charge < -0.3 is 10.2 Å². The molecule has 0 radical (unpaired) electrons. The Morgan fingerprint density at radius 1 is 0.500 bits per heavy atom. The van der Waals surface area contributed by atoms with Crippen LogP contribution < -0.4 is 10.2 Å².